The van der Waals surface area contributed by atoms with Crippen LogP contribution in [0.3, 0.4) is 0 Å². The van der Waals surface area contributed by atoms with Crippen molar-refractivity contribution in [3.05, 3.63) is 34.9 Å². The summed E-state index contributed by atoms with van der Waals surface area (Å²) in [6.45, 7) is 3.92. The average Bonchev–Trinajstić information content (AvgIpc) is 2.39. The van der Waals surface area contributed by atoms with Gasteiger partial charge in [0, 0.05) is 12.1 Å². The van der Waals surface area contributed by atoms with Gasteiger partial charge in [0.25, 0.3) is 0 Å². The number of hydrogen-bond acceptors (Lipinski definition) is 4. The van der Waals surface area contributed by atoms with E-state index in [0.29, 0.717) is 0 Å². The van der Waals surface area contributed by atoms with E-state index in [0.717, 1.165) is 24.2 Å². The zero-order valence-corrected chi connectivity index (χ0v) is 11.8. The molecule has 0 saturated heterocycles. The SMILES string of the molecule is CSCCCNCc1ccc(/C(N)=N/O)cc1C. The minimum Gasteiger partial charge on any atom is -0.409 e. The third kappa shape index (κ3) is 4.58. The van der Waals surface area contributed by atoms with E-state index in [-0.39, 0.29) is 5.84 Å². The van der Waals surface area contributed by atoms with Crippen LogP contribution in [-0.2, 0) is 6.54 Å². The van der Waals surface area contributed by atoms with Crippen LogP contribution in [0.2, 0.25) is 0 Å². The largest absolute Gasteiger partial charge is 0.409 e. The molecule has 18 heavy (non-hydrogen) atoms. The number of nitrogens with zero attached hydrogens (tertiary/aromatic N) is 1. The maximum absolute atomic E-state index is 8.62. The maximum atomic E-state index is 8.62. The van der Waals surface area contributed by atoms with Crippen LogP contribution in [0.25, 0.3) is 0 Å². The summed E-state index contributed by atoms with van der Waals surface area (Å²) in [5.41, 5.74) is 8.69. The van der Waals surface area contributed by atoms with E-state index >= 15 is 0 Å². The maximum Gasteiger partial charge on any atom is 0.170 e. The minimum absolute atomic E-state index is 0.151. The van der Waals surface area contributed by atoms with Crippen molar-refractivity contribution in [1.82, 2.24) is 5.32 Å². The Morgan fingerprint density at radius 3 is 2.89 bits per heavy atom. The molecule has 0 unspecified atom stereocenters. The molecule has 1 aromatic carbocycles. The van der Waals surface area contributed by atoms with Crippen molar-refractivity contribution in [2.45, 2.75) is 19.9 Å². The molecule has 0 atom stereocenters. The van der Waals surface area contributed by atoms with Crippen LogP contribution < -0.4 is 11.1 Å². The van der Waals surface area contributed by atoms with Gasteiger partial charge >= 0.3 is 0 Å². The minimum atomic E-state index is 0.151. The zero-order chi connectivity index (χ0) is 13.4. The fraction of sp³-hybridized carbons (Fsp3) is 0.462. The lowest BCUT2D eigenvalue weighted by Crippen LogP contribution is -2.17. The molecular weight excluding hydrogens is 246 g/mol. The quantitative estimate of drug-likeness (QED) is 0.232. The molecule has 0 fully saturated rings. The standard InChI is InChI=1S/C13H21N3OS/c1-10-8-11(13(14)16-17)4-5-12(10)9-15-6-3-7-18-2/h4-5,8,15,17H,3,6-7,9H2,1-2H3,(H2,14,16). The van der Waals surface area contributed by atoms with Crippen LogP contribution in [0.4, 0.5) is 0 Å². The van der Waals surface area contributed by atoms with E-state index in [9.17, 15) is 0 Å². The van der Waals surface area contributed by atoms with E-state index < -0.39 is 0 Å². The first kappa shape index (κ1) is 14.9. The Labute approximate surface area is 113 Å². The predicted octanol–water partition coefficient (Wildman–Crippen LogP) is 1.93. The third-order valence-electron chi connectivity index (χ3n) is 2.76. The van der Waals surface area contributed by atoms with Crippen molar-refractivity contribution < 1.29 is 5.21 Å². The fourth-order valence-corrected chi connectivity index (χ4v) is 2.11. The molecule has 4 N–H and O–H groups in total. The Kier molecular flexibility index (Phi) is 6.60. The first-order chi connectivity index (χ1) is 8.69. The van der Waals surface area contributed by atoms with Crippen LogP contribution in [0.5, 0.6) is 0 Å². The van der Waals surface area contributed by atoms with Crippen LogP contribution in [0.1, 0.15) is 23.1 Å². The zero-order valence-electron chi connectivity index (χ0n) is 10.9. The summed E-state index contributed by atoms with van der Waals surface area (Å²) >= 11 is 1.87. The molecule has 0 aliphatic heterocycles. The van der Waals surface area contributed by atoms with Crippen molar-refractivity contribution in [2.75, 3.05) is 18.6 Å². The third-order valence-corrected chi connectivity index (χ3v) is 3.46. The summed E-state index contributed by atoms with van der Waals surface area (Å²) in [5, 5.41) is 15.0. The van der Waals surface area contributed by atoms with Crippen molar-refractivity contribution in [1.29, 1.82) is 0 Å². The van der Waals surface area contributed by atoms with Gasteiger partial charge in [-0.05, 0) is 49.1 Å². The number of benzene rings is 1. The second-order valence-corrected chi connectivity index (χ2v) is 5.14. The summed E-state index contributed by atoms with van der Waals surface area (Å²) in [6.07, 6.45) is 3.30. The van der Waals surface area contributed by atoms with Crippen LogP contribution in [0, 0.1) is 6.92 Å². The fourth-order valence-electron chi connectivity index (χ4n) is 1.68. The van der Waals surface area contributed by atoms with Gasteiger partial charge in [-0.15, -0.1) is 0 Å². The van der Waals surface area contributed by atoms with E-state index in [4.69, 9.17) is 10.9 Å². The number of amidine groups is 1. The molecule has 0 aromatic heterocycles. The number of hydrogen-bond donors (Lipinski definition) is 3. The Morgan fingerprint density at radius 1 is 1.50 bits per heavy atom. The van der Waals surface area contributed by atoms with Crippen LogP contribution >= 0.6 is 11.8 Å². The van der Waals surface area contributed by atoms with E-state index in [2.05, 4.69) is 16.7 Å². The van der Waals surface area contributed by atoms with Gasteiger partial charge in [-0.1, -0.05) is 17.3 Å². The molecule has 100 valence electrons. The second-order valence-electron chi connectivity index (χ2n) is 4.15. The van der Waals surface area contributed by atoms with Gasteiger partial charge in [0.1, 0.15) is 0 Å². The number of aryl methyl sites for hydroxylation is 1. The topological polar surface area (TPSA) is 70.6 Å². The number of rotatable bonds is 7. The van der Waals surface area contributed by atoms with E-state index in [1.165, 1.54) is 17.7 Å². The Morgan fingerprint density at radius 2 is 2.28 bits per heavy atom. The normalized spacial score (nSPS) is 11.8. The predicted molar refractivity (Wildman–Crippen MR) is 78.4 cm³/mol. The highest BCUT2D eigenvalue weighted by molar-refractivity contribution is 7.98. The lowest BCUT2D eigenvalue weighted by Gasteiger charge is -2.09. The van der Waals surface area contributed by atoms with Gasteiger partial charge in [0.2, 0.25) is 0 Å². The molecular formula is C13H21N3OS. The van der Waals surface area contributed by atoms with Crippen LogP contribution in [-0.4, -0.2) is 29.6 Å². The molecule has 0 amide bonds. The van der Waals surface area contributed by atoms with Gasteiger partial charge in [-0.3, -0.25) is 0 Å². The molecule has 1 aromatic rings. The molecule has 1 rings (SSSR count). The first-order valence-electron chi connectivity index (χ1n) is 5.96. The number of nitrogens with two attached hydrogens (primary N) is 1. The molecule has 0 radical (unpaired) electrons. The molecule has 4 nitrogen and oxygen atoms in total. The number of thioether (sulfide) groups is 1. The van der Waals surface area contributed by atoms with Crippen molar-refractivity contribution in [3.8, 4) is 0 Å². The Hall–Kier alpha value is -1.20. The van der Waals surface area contributed by atoms with Crippen molar-refractivity contribution >= 4 is 17.6 Å². The molecule has 5 heteroatoms. The monoisotopic (exact) mass is 267 g/mol. The lowest BCUT2D eigenvalue weighted by molar-refractivity contribution is 0.318. The summed E-state index contributed by atoms with van der Waals surface area (Å²) in [6, 6.07) is 5.83. The highest BCUT2D eigenvalue weighted by Gasteiger charge is 2.03. The van der Waals surface area contributed by atoms with Crippen LogP contribution in [0.15, 0.2) is 23.4 Å². The highest BCUT2D eigenvalue weighted by Crippen LogP contribution is 2.11. The Balaban J connectivity index is 2.52. The summed E-state index contributed by atoms with van der Waals surface area (Å²) in [5.74, 6) is 1.34. The van der Waals surface area contributed by atoms with Crippen molar-refractivity contribution in [2.24, 2.45) is 10.9 Å². The summed E-state index contributed by atoms with van der Waals surface area (Å²) in [7, 11) is 0. The Bertz CT molecular complexity index is 407. The second kappa shape index (κ2) is 8.00. The highest BCUT2D eigenvalue weighted by atomic mass is 32.2. The smallest absolute Gasteiger partial charge is 0.170 e. The van der Waals surface area contributed by atoms with Gasteiger partial charge in [0.15, 0.2) is 5.84 Å². The molecule has 0 heterocycles. The van der Waals surface area contributed by atoms with E-state index in [1.807, 2.05) is 36.9 Å². The molecule has 0 saturated carbocycles. The number of nitrogens with one attached hydrogen (secondary N) is 1. The average molecular weight is 267 g/mol. The number of oxime groups is 1. The van der Waals surface area contributed by atoms with Gasteiger partial charge < -0.3 is 16.3 Å². The first-order valence-corrected chi connectivity index (χ1v) is 7.35. The van der Waals surface area contributed by atoms with Crippen molar-refractivity contribution in [3.63, 3.8) is 0 Å². The van der Waals surface area contributed by atoms with Gasteiger partial charge in [-0.25, -0.2) is 0 Å². The lowest BCUT2D eigenvalue weighted by atomic mass is 10.0. The molecule has 0 bridgehead atoms. The van der Waals surface area contributed by atoms with Gasteiger partial charge in [-0.2, -0.15) is 11.8 Å². The molecule has 0 aliphatic carbocycles. The molecule has 0 spiro atoms. The van der Waals surface area contributed by atoms with Gasteiger partial charge in [0.05, 0.1) is 0 Å². The summed E-state index contributed by atoms with van der Waals surface area (Å²) < 4.78 is 0. The molecule has 0 aliphatic rings. The summed E-state index contributed by atoms with van der Waals surface area (Å²) in [4.78, 5) is 0. The van der Waals surface area contributed by atoms with E-state index in [1.54, 1.807) is 0 Å².